The molecule has 1 aromatic rings. The number of likely N-dealkylation sites (N-methyl/N-ethyl adjacent to an activating group) is 1. The van der Waals surface area contributed by atoms with Gasteiger partial charge in [0, 0.05) is 6.07 Å². The van der Waals surface area contributed by atoms with Gasteiger partial charge in [-0.2, -0.15) is 5.26 Å². The van der Waals surface area contributed by atoms with Crippen LogP contribution in [0, 0.1) is 11.3 Å². The van der Waals surface area contributed by atoms with Crippen molar-refractivity contribution < 1.29 is 9.47 Å². The van der Waals surface area contributed by atoms with Crippen molar-refractivity contribution in [3.05, 3.63) is 24.3 Å². The molecule has 0 spiro atoms. The van der Waals surface area contributed by atoms with E-state index in [2.05, 4.69) is 11.4 Å². The van der Waals surface area contributed by atoms with E-state index in [4.69, 9.17) is 14.7 Å². The van der Waals surface area contributed by atoms with Gasteiger partial charge in [-0.15, -0.1) is 0 Å². The molecule has 4 nitrogen and oxygen atoms in total. The molecule has 0 amide bonds. The predicted octanol–water partition coefficient (Wildman–Crippen LogP) is 1.97. The van der Waals surface area contributed by atoms with Gasteiger partial charge in [0.15, 0.2) is 0 Å². The molecular formula is C13H18N2O2. The summed E-state index contributed by atoms with van der Waals surface area (Å²) in [7, 11) is 1.61. The van der Waals surface area contributed by atoms with E-state index in [1.807, 2.05) is 32.0 Å². The SMILES string of the molecule is CCNC(C)(C#N)COc1cccc(OC)c1. The maximum absolute atomic E-state index is 9.08. The first-order valence-electron chi connectivity index (χ1n) is 5.56. The Morgan fingerprint density at radius 2 is 2.12 bits per heavy atom. The second-order valence-electron chi connectivity index (χ2n) is 3.94. The minimum Gasteiger partial charge on any atom is -0.497 e. The summed E-state index contributed by atoms with van der Waals surface area (Å²) in [5, 5.41) is 12.2. The van der Waals surface area contributed by atoms with E-state index in [9.17, 15) is 0 Å². The molecule has 1 unspecified atom stereocenters. The fourth-order valence-corrected chi connectivity index (χ4v) is 1.43. The summed E-state index contributed by atoms with van der Waals surface area (Å²) in [6, 6.07) is 9.55. The van der Waals surface area contributed by atoms with Crippen LogP contribution in [0.2, 0.25) is 0 Å². The van der Waals surface area contributed by atoms with E-state index in [1.54, 1.807) is 13.2 Å². The highest BCUT2D eigenvalue weighted by Gasteiger charge is 2.23. The van der Waals surface area contributed by atoms with E-state index in [0.717, 1.165) is 12.3 Å². The number of nitriles is 1. The Balaban J connectivity index is 2.63. The number of ether oxygens (including phenoxy) is 2. The predicted molar refractivity (Wildman–Crippen MR) is 66.2 cm³/mol. The molecule has 1 atom stereocenters. The first-order valence-corrected chi connectivity index (χ1v) is 5.56. The first-order chi connectivity index (χ1) is 8.13. The Kier molecular flexibility index (Phi) is 4.80. The van der Waals surface area contributed by atoms with Gasteiger partial charge in [0.05, 0.1) is 13.2 Å². The van der Waals surface area contributed by atoms with Gasteiger partial charge in [-0.25, -0.2) is 0 Å². The van der Waals surface area contributed by atoms with E-state index in [0.29, 0.717) is 12.4 Å². The highest BCUT2D eigenvalue weighted by atomic mass is 16.5. The largest absolute Gasteiger partial charge is 0.497 e. The Morgan fingerprint density at radius 3 is 2.71 bits per heavy atom. The van der Waals surface area contributed by atoms with Crippen molar-refractivity contribution in [3.63, 3.8) is 0 Å². The summed E-state index contributed by atoms with van der Waals surface area (Å²) in [6.45, 7) is 4.80. The summed E-state index contributed by atoms with van der Waals surface area (Å²) in [6.07, 6.45) is 0. The molecule has 1 rings (SSSR count). The molecule has 0 radical (unpaired) electrons. The average molecular weight is 234 g/mol. The molecule has 0 aliphatic rings. The van der Waals surface area contributed by atoms with Gasteiger partial charge in [0.1, 0.15) is 23.6 Å². The lowest BCUT2D eigenvalue weighted by Crippen LogP contribution is -2.46. The standard InChI is InChI=1S/C13H18N2O2/c1-4-15-13(2,9-14)10-17-12-7-5-6-11(8-12)16-3/h5-8,15H,4,10H2,1-3H3. The molecule has 0 fully saturated rings. The van der Waals surface area contributed by atoms with Crippen LogP contribution in [0.4, 0.5) is 0 Å². The van der Waals surface area contributed by atoms with Gasteiger partial charge < -0.3 is 9.47 Å². The molecule has 0 aromatic heterocycles. The molecule has 0 heterocycles. The zero-order valence-electron chi connectivity index (χ0n) is 10.5. The maximum atomic E-state index is 9.08. The second kappa shape index (κ2) is 6.12. The fourth-order valence-electron chi connectivity index (χ4n) is 1.43. The van der Waals surface area contributed by atoms with E-state index < -0.39 is 5.54 Å². The van der Waals surface area contributed by atoms with Crippen molar-refractivity contribution in [1.82, 2.24) is 5.32 Å². The number of nitrogens with one attached hydrogen (secondary N) is 1. The molecule has 17 heavy (non-hydrogen) atoms. The fraction of sp³-hybridized carbons (Fsp3) is 0.462. The van der Waals surface area contributed by atoms with Gasteiger partial charge in [-0.05, 0) is 25.6 Å². The van der Waals surface area contributed by atoms with Crippen LogP contribution in [0.3, 0.4) is 0 Å². The van der Waals surface area contributed by atoms with Crippen LogP contribution < -0.4 is 14.8 Å². The molecule has 0 saturated heterocycles. The van der Waals surface area contributed by atoms with Crippen LogP contribution in [0.25, 0.3) is 0 Å². The van der Waals surface area contributed by atoms with Crippen molar-refractivity contribution in [2.24, 2.45) is 0 Å². The Bertz CT molecular complexity index is 401. The van der Waals surface area contributed by atoms with Gasteiger partial charge in [-0.3, -0.25) is 5.32 Å². The number of hydrogen-bond acceptors (Lipinski definition) is 4. The molecule has 92 valence electrons. The minimum atomic E-state index is -0.669. The molecule has 1 aromatic carbocycles. The highest BCUT2D eigenvalue weighted by molar-refractivity contribution is 5.33. The number of methoxy groups -OCH3 is 1. The third kappa shape index (κ3) is 3.97. The topological polar surface area (TPSA) is 54.3 Å². The van der Waals surface area contributed by atoms with Gasteiger partial charge in [0.2, 0.25) is 0 Å². The maximum Gasteiger partial charge on any atom is 0.138 e. The molecule has 0 bridgehead atoms. The van der Waals surface area contributed by atoms with E-state index >= 15 is 0 Å². The Morgan fingerprint density at radius 1 is 1.41 bits per heavy atom. The zero-order valence-corrected chi connectivity index (χ0v) is 10.5. The lowest BCUT2D eigenvalue weighted by atomic mass is 10.1. The molecule has 1 N–H and O–H groups in total. The Labute approximate surface area is 102 Å². The van der Waals surface area contributed by atoms with Crippen LogP contribution >= 0.6 is 0 Å². The van der Waals surface area contributed by atoms with Crippen LogP contribution in [-0.2, 0) is 0 Å². The van der Waals surface area contributed by atoms with Crippen LogP contribution in [0.1, 0.15) is 13.8 Å². The normalized spacial score (nSPS) is 13.5. The number of rotatable bonds is 6. The summed E-state index contributed by atoms with van der Waals surface area (Å²) in [4.78, 5) is 0. The third-order valence-electron chi connectivity index (χ3n) is 2.38. The van der Waals surface area contributed by atoms with Gasteiger partial charge >= 0.3 is 0 Å². The van der Waals surface area contributed by atoms with Crippen molar-refractivity contribution >= 4 is 0 Å². The highest BCUT2D eigenvalue weighted by Crippen LogP contribution is 2.19. The lowest BCUT2D eigenvalue weighted by Gasteiger charge is -2.22. The van der Waals surface area contributed by atoms with Crippen molar-refractivity contribution in [1.29, 1.82) is 5.26 Å². The summed E-state index contributed by atoms with van der Waals surface area (Å²) < 4.78 is 10.7. The summed E-state index contributed by atoms with van der Waals surface area (Å²) in [5.41, 5.74) is -0.669. The van der Waals surface area contributed by atoms with Crippen molar-refractivity contribution in [3.8, 4) is 17.6 Å². The Hall–Kier alpha value is -1.73. The quantitative estimate of drug-likeness (QED) is 0.817. The van der Waals surface area contributed by atoms with Crippen LogP contribution in [-0.4, -0.2) is 25.8 Å². The zero-order chi connectivity index (χ0) is 12.7. The van der Waals surface area contributed by atoms with Crippen LogP contribution in [0.5, 0.6) is 11.5 Å². The summed E-state index contributed by atoms with van der Waals surface area (Å²) >= 11 is 0. The second-order valence-corrected chi connectivity index (χ2v) is 3.94. The monoisotopic (exact) mass is 234 g/mol. The minimum absolute atomic E-state index is 0.296. The number of benzene rings is 1. The molecule has 4 heteroatoms. The molecule has 0 aliphatic heterocycles. The molecular weight excluding hydrogens is 216 g/mol. The molecule has 0 saturated carbocycles. The van der Waals surface area contributed by atoms with E-state index in [1.165, 1.54) is 0 Å². The first kappa shape index (κ1) is 13.3. The number of nitrogens with zero attached hydrogens (tertiary/aromatic N) is 1. The summed E-state index contributed by atoms with van der Waals surface area (Å²) in [5.74, 6) is 1.44. The average Bonchev–Trinajstić information content (AvgIpc) is 2.37. The third-order valence-corrected chi connectivity index (χ3v) is 2.38. The van der Waals surface area contributed by atoms with Gasteiger partial charge in [-0.1, -0.05) is 13.0 Å². The van der Waals surface area contributed by atoms with E-state index in [-0.39, 0.29) is 0 Å². The lowest BCUT2D eigenvalue weighted by molar-refractivity contribution is 0.235. The van der Waals surface area contributed by atoms with Crippen molar-refractivity contribution in [2.45, 2.75) is 19.4 Å². The number of hydrogen-bond donors (Lipinski definition) is 1. The van der Waals surface area contributed by atoms with Crippen LogP contribution in [0.15, 0.2) is 24.3 Å². The molecule has 0 aliphatic carbocycles. The van der Waals surface area contributed by atoms with Crippen molar-refractivity contribution in [2.75, 3.05) is 20.3 Å². The van der Waals surface area contributed by atoms with Gasteiger partial charge in [0.25, 0.3) is 0 Å². The smallest absolute Gasteiger partial charge is 0.138 e.